The normalized spacial score (nSPS) is 12.0. The van der Waals surface area contributed by atoms with Crippen molar-refractivity contribution in [3.8, 4) is 33.9 Å². The summed E-state index contributed by atoms with van der Waals surface area (Å²) in [6.45, 7) is 0. The van der Waals surface area contributed by atoms with Gasteiger partial charge in [0.15, 0.2) is 0 Å². The van der Waals surface area contributed by atoms with Gasteiger partial charge in [-0.2, -0.15) is 5.10 Å². The summed E-state index contributed by atoms with van der Waals surface area (Å²) in [5, 5.41) is 13.6. The maximum absolute atomic E-state index is 5.33. The molecule has 0 atom stereocenters. The van der Waals surface area contributed by atoms with Crippen molar-refractivity contribution in [1.29, 1.82) is 0 Å². The molecule has 8 aromatic carbocycles. The van der Waals surface area contributed by atoms with Crippen LogP contribution in [0, 0.1) is 0 Å². The molecule has 0 aliphatic rings. The first-order valence-electron chi connectivity index (χ1n) is 20.3. The zero-order chi connectivity index (χ0) is 39.3. The summed E-state index contributed by atoms with van der Waals surface area (Å²) in [4.78, 5) is 4.45. The number of fused-ring (bicyclic) bond motifs is 10. The van der Waals surface area contributed by atoms with Crippen LogP contribution in [0.5, 0.6) is 0 Å². The minimum Gasteiger partial charge on any atom is -0.307 e. The molecule has 5 aromatic heterocycles. The van der Waals surface area contributed by atoms with Crippen molar-refractivity contribution < 1.29 is 0 Å². The third-order valence-electron chi connectivity index (χ3n) is 12.3. The third kappa shape index (κ3) is 4.64. The minimum absolute atomic E-state index is 0.916. The van der Waals surface area contributed by atoms with Crippen LogP contribution in [0.25, 0.3) is 110 Å². The SMILES string of the molecule is c1cncc(-c2cccc3nn(-c4cc(-n5c6ccccc6c6ccccc65)c(-n5c6ccccc6c6ccccc65)c(-n5c6ccccc6c6ccccc65)c4)cc23)c1. The lowest BCUT2D eigenvalue weighted by atomic mass is 10.0. The van der Waals surface area contributed by atoms with Crippen molar-refractivity contribution in [1.82, 2.24) is 28.5 Å². The van der Waals surface area contributed by atoms with E-state index in [0.717, 1.165) is 77.9 Å². The fourth-order valence-corrected chi connectivity index (χ4v) is 9.77. The smallest absolute Gasteiger partial charge is 0.0948 e. The molecule has 6 nitrogen and oxygen atoms in total. The first kappa shape index (κ1) is 32.8. The van der Waals surface area contributed by atoms with Gasteiger partial charge in [0.25, 0.3) is 0 Å². The molecule has 13 aromatic rings. The first-order valence-corrected chi connectivity index (χ1v) is 20.3. The fraction of sp³-hybridized carbons (Fsp3) is 0. The standard InChI is InChI=1S/C54H34N6/c1-7-24-46-38(16-1)39-17-2-8-25-47(39)58(46)52-31-36(57-34-44-37(22-13-23-45(44)56-57)35-15-14-30-55-33-35)32-53(59-48-26-9-3-18-40(48)41-19-4-10-27-49(41)59)54(52)60-50-28-11-5-20-42(50)43-21-6-12-29-51(43)60/h1-34H. The number of pyridine rings is 1. The van der Waals surface area contributed by atoms with Crippen LogP contribution in [0.3, 0.4) is 0 Å². The molecule has 0 unspecified atom stereocenters. The summed E-state index contributed by atoms with van der Waals surface area (Å²) >= 11 is 0. The van der Waals surface area contributed by atoms with E-state index in [1.165, 1.54) is 32.3 Å². The third-order valence-corrected chi connectivity index (χ3v) is 12.3. The predicted molar refractivity (Wildman–Crippen MR) is 247 cm³/mol. The Morgan fingerprint density at radius 3 is 1.23 bits per heavy atom. The van der Waals surface area contributed by atoms with Crippen molar-refractivity contribution >= 4 is 76.3 Å². The van der Waals surface area contributed by atoms with Gasteiger partial charge < -0.3 is 13.7 Å². The average molecular weight is 767 g/mol. The van der Waals surface area contributed by atoms with Crippen LogP contribution in [0.2, 0.25) is 0 Å². The minimum atomic E-state index is 0.916. The van der Waals surface area contributed by atoms with Crippen molar-refractivity contribution in [2.45, 2.75) is 0 Å². The molecule has 0 radical (unpaired) electrons. The van der Waals surface area contributed by atoms with Crippen LogP contribution in [0.1, 0.15) is 0 Å². The molecular weight excluding hydrogens is 733 g/mol. The molecular formula is C54H34N6. The molecule has 280 valence electrons. The predicted octanol–water partition coefficient (Wildman–Crippen LogP) is 13.4. The van der Waals surface area contributed by atoms with Gasteiger partial charge in [-0.15, -0.1) is 0 Å². The van der Waals surface area contributed by atoms with Gasteiger partial charge in [-0.25, -0.2) is 4.68 Å². The van der Waals surface area contributed by atoms with Gasteiger partial charge >= 0.3 is 0 Å². The molecule has 13 rings (SSSR count). The number of rotatable bonds is 5. The molecule has 0 amide bonds. The van der Waals surface area contributed by atoms with E-state index in [0.29, 0.717) is 0 Å². The summed E-state index contributed by atoms with van der Waals surface area (Å²) in [7, 11) is 0. The molecule has 0 aliphatic heterocycles. The summed E-state index contributed by atoms with van der Waals surface area (Å²) in [6, 6.07) is 67.9. The maximum Gasteiger partial charge on any atom is 0.0948 e. The molecule has 0 aliphatic carbocycles. The van der Waals surface area contributed by atoms with Crippen LogP contribution in [0.15, 0.2) is 207 Å². The van der Waals surface area contributed by atoms with Gasteiger partial charge in [-0.1, -0.05) is 127 Å². The molecule has 0 saturated carbocycles. The highest BCUT2D eigenvalue weighted by molar-refractivity contribution is 6.13. The summed E-state index contributed by atoms with van der Waals surface area (Å²) < 4.78 is 9.49. The number of aromatic nitrogens is 6. The second-order valence-corrected chi connectivity index (χ2v) is 15.5. The Balaban J connectivity index is 1.26. The van der Waals surface area contributed by atoms with Gasteiger partial charge in [0, 0.05) is 61.9 Å². The van der Waals surface area contributed by atoms with E-state index in [9.17, 15) is 0 Å². The molecule has 0 bridgehead atoms. The second-order valence-electron chi connectivity index (χ2n) is 15.5. The number of hydrogen-bond donors (Lipinski definition) is 0. The van der Waals surface area contributed by atoms with Gasteiger partial charge in [0.2, 0.25) is 0 Å². The van der Waals surface area contributed by atoms with E-state index < -0.39 is 0 Å². The summed E-state index contributed by atoms with van der Waals surface area (Å²) in [5.41, 5.74) is 14.0. The molecule has 6 heteroatoms. The Labute approximate surface area is 344 Å². The number of benzene rings is 8. The van der Waals surface area contributed by atoms with Crippen LogP contribution in [-0.2, 0) is 0 Å². The van der Waals surface area contributed by atoms with Crippen molar-refractivity contribution in [2.75, 3.05) is 0 Å². The fourth-order valence-electron chi connectivity index (χ4n) is 9.77. The highest BCUT2D eigenvalue weighted by Gasteiger charge is 2.26. The summed E-state index contributed by atoms with van der Waals surface area (Å²) in [6.07, 6.45) is 5.92. The lowest BCUT2D eigenvalue weighted by Crippen LogP contribution is -2.11. The van der Waals surface area contributed by atoms with Crippen molar-refractivity contribution in [3.05, 3.63) is 207 Å². The number of para-hydroxylation sites is 6. The number of nitrogens with zero attached hydrogens (tertiary/aromatic N) is 6. The van der Waals surface area contributed by atoms with E-state index in [2.05, 4.69) is 212 Å². The quantitative estimate of drug-likeness (QED) is 0.175. The van der Waals surface area contributed by atoms with Gasteiger partial charge in [0.05, 0.1) is 61.4 Å². The van der Waals surface area contributed by atoms with Crippen molar-refractivity contribution in [3.63, 3.8) is 0 Å². The highest BCUT2D eigenvalue weighted by Crippen LogP contribution is 2.44. The van der Waals surface area contributed by atoms with Crippen LogP contribution in [-0.4, -0.2) is 28.5 Å². The largest absolute Gasteiger partial charge is 0.307 e. The highest BCUT2D eigenvalue weighted by atomic mass is 15.3. The van der Waals surface area contributed by atoms with Crippen molar-refractivity contribution in [2.24, 2.45) is 0 Å². The van der Waals surface area contributed by atoms with Crippen LogP contribution < -0.4 is 0 Å². The van der Waals surface area contributed by atoms with Crippen LogP contribution >= 0.6 is 0 Å². The average Bonchev–Trinajstić information content (AvgIpc) is 4.07. The van der Waals surface area contributed by atoms with E-state index in [1.807, 2.05) is 18.5 Å². The van der Waals surface area contributed by atoms with E-state index in [-0.39, 0.29) is 0 Å². The molecule has 60 heavy (non-hydrogen) atoms. The molecule has 0 fully saturated rings. The van der Waals surface area contributed by atoms with E-state index in [4.69, 9.17) is 5.10 Å². The van der Waals surface area contributed by atoms with E-state index >= 15 is 0 Å². The lowest BCUT2D eigenvalue weighted by Gasteiger charge is -2.23. The number of hydrogen-bond acceptors (Lipinski definition) is 2. The molecule has 0 N–H and O–H groups in total. The molecule has 5 heterocycles. The maximum atomic E-state index is 5.33. The van der Waals surface area contributed by atoms with Gasteiger partial charge in [-0.05, 0) is 66.2 Å². The zero-order valence-corrected chi connectivity index (χ0v) is 32.3. The second kappa shape index (κ2) is 12.6. The Morgan fingerprint density at radius 2 is 0.800 bits per heavy atom. The first-order chi connectivity index (χ1) is 29.8. The Hall–Kier alpha value is -8.22. The molecule has 0 spiro atoms. The topological polar surface area (TPSA) is 45.5 Å². The Bertz CT molecular complexity index is 3550. The Morgan fingerprint density at radius 1 is 0.367 bits per heavy atom. The lowest BCUT2D eigenvalue weighted by molar-refractivity contribution is 0.889. The van der Waals surface area contributed by atoms with Crippen LogP contribution in [0.4, 0.5) is 0 Å². The summed E-state index contributed by atoms with van der Waals surface area (Å²) in [5.74, 6) is 0. The Kier molecular flexibility index (Phi) is 6.91. The molecule has 0 saturated heterocycles. The van der Waals surface area contributed by atoms with Gasteiger partial charge in [0.1, 0.15) is 0 Å². The van der Waals surface area contributed by atoms with E-state index in [1.54, 1.807) is 0 Å². The monoisotopic (exact) mass is 766 g/mol. The zero-order valence-electron chi connectivity index (χ0n) is 32.3. The van der Waals surface area contributed by atoms with Gasteiger partial charge in [-0.3, -0.25) is 4.98 Å².